The van der Waals surface area contributed by atoms with Crippen LogP contribution in [-0.2, 0) is 30.3 Å². The van der Waals surface area contributed by atoms with Crippen molar-refractivity contribution < 1.29 is 23.9 Å². The van der Waals surface area contributed by atoms with Crippen molar-refractivity contribution >= 4 is 35.1 Å². The lowest BCUT2D eigenvalue weighted by Gasteiger charge is -2.24. The van der Waals surface area contributed by atoms with Crippen LogP contribution in [0.25, 0.3) is 0 Å². The Morgan fingerprint density at radius 3 is 2.38 bits per heavy atom. The van der Waals surface area contributed by atoms with E-state index >= 15 is 0 Å². The zero-order valence-corrected chi connectivity index (χ0v) is 18.6. The van der Waals surface area contributed by atoms with E-state index in [0.717, 1.165) is 16.7 Å². The second-order valence-electron chi connectivity index (χ2n) is 7.85. The molecule has 3 amide bonds. The number of carbonyl (C=O) groups excluding carboxylic acids is 4. The van der Waals surface area contributed by atoms with Crippen molar-refractivity contribution in [3.05, 3.63) is 59.2 Å². The lowest BCUT2D eigenvalue weighted by Crippen LogP contribution is -2.46. The number of fused-ring (bicyclic) bond motifs is 1. The third kappa shape index (κ3) is 4.96. The summed E-state index contributed by atoms with van der Waals surface area (Å²) in [6.07, 6.45) is -0.797. The maximum absolute atomic E-state index is 12.7. The number of esters is 1. The van der Waals surface area contributed by atoms with Gasteiger partial charge in [-0.05, 0) is 43.5 Å². The molecule has 0 fully saturated rings. The highest BCUT2D eigenvalue weighted by Crippen LogP contribution is 2.32. The fraction of sp³-hybridized carbons (Fsp3) is 0.333. The van der Waals surface area contributed by atoms with Crippen LogP contribution in [0.4, 0.5) is 11.4 Å². The van der Waals surface area contributed by atoms with Crippen LogP contribution in [0.5, 0.6) is 0 Å². The van der Waals surface area contributed by atoms with Crippen LogP contribution in [-0.4, -0.2) is 42.4 Å². The van der Waals surface area contributed by atoms with Gasteiger partial charge in [0.1, 0.15) is 6.04 Å². The first-order chi connectivity index (χ1) is 15.2. The Bertz CT molecular complexity index is 1050. The minimum atomic E-state index is -1.12. The topological polar surface area (TPSA) is 105 Å². The average Bonchev–Trinajstić information content (AvgIpc) is 3.14. The fourth-order valence-electron chi connectivity index (χ4n) is 3.78. The highest BCUT2D eigenvalue weighted by Gasteiger charge is 2.38. The monoisotopic (exact) mass is 437 g/mol. The largest absolute Gasteiger partial charge is 0.451 e. The lowest BCUT2D eigenvalue weighted by molar-refractivity contribution is -0.156. The van der Waals surface area contributed by atoms with Gasteiger partial charge in [-0.2, -0.15) is 0 Å². The number of para-hydroxylation sites is 2. The summed E-state index contributed by atoms with van der Waals surface area (Å²) in [6, 6.07) is 12.1. The number of benzene rings is 2. The van der Waals surface area contributed by atoms with E-state index in [9.17, 15) is 19.2 Å². The van der Waals surface area contributed by atoms with E-state index in [1.807, 2.05) is 44.2 Å². The van der Waals surface area contributed by atoms with E-state index in [4.69, 9.17) is 4.74 Å². The van der Waals surface area contributed by atoms with Crippen LogP contribution in [0, 0.1) is 13.8 Å². The number of anilines is 2. The van der Waals surface area contributed by atoms with Crippen molar-refractivity contribution in [2.75, 3.05) is 16.8 Å². The third-order valence-electron chi connectivity index (χ3n) is 5.42. The Kier molecular flexibility index (Phi) is 6.92. The molecule has 2 N–H and O–H groups in total. The van der Waals surface area contributed by atoms with Gasteiger partial charge >= 0.3 is 5.97 Å². The maximum Gasteiger partial charge on any atom is 0.330 e. The Balaban J connectivity index is 1.55. The number of amides is 3. The molecule has 0 radical (unpaired) electrons. The molecule has 0 aliphatic carbocycles. The minimum absolute atomic E-state index is 0.261. The van der Waals surface area contributed by atoms with Crippen molar-refractivity contribution in [1.29, 1.82) is 0 Å². The molecule has 8 nitrogen and oxygen atoms in total. The summed E-state index contributed by atoms with van der Waals surface area (Å²) in [6.45, 7) is 6.32. The number of aryl methyl sites for hydroxylation is 2. The van der Waals surface area contributed by atoms with Gasteiger partial charge in [-0.3, -0.25) is 19.3 Å². The van der Waals surface area contributed by atoms with Crippen LogP contribution < -0.4 is 15.5 Å². The standard InChI is InChI=1S/C24H27N3O5/c1-14-8-7-9-15(2)22(14)26-21(29)13-25-23(30)16(3)32-24(31)20-12-18-10-5-6-11-19(18)27(20)17(4)28/h5-11,16,20H,12-13H2,1-4H3,(H,25,30)(H,26,29)/t16?,20-/m1/s1. The number of hydrogen-bond acceptors (Lipinski definition) is 5. The molecule has 2 aromatic carbocycles. The SMILES string of the molecule is CC(=O)N1c2ccccc2C[C@@H]1C(=O)OC(C)C(=O)NCC(=O)Nc1c(C)cccc1C. The summed E-state index contributed by atoms with van der Waals surface area (Å²) in [5, 5.41) is 5.26. The van der Waals surface area contributed by atoms with Crippen LogP contribution in [0.15, 0.2) is 42.5 Å². The number of nitrogens with zero attached hydrogens (tertiary/aromatic N) is 1. The van der Waals surface area contributed by atoms with Crippen LogP contribution in [0.1, 0.15) is 30.5 Å². The van der Waals surface area contributed by atoms with Gasteiger partial charge in [0.2, 0.25) is 11.8 Å². The molecular weight excluding hydrogens is 410 g/mol. The maximum atomic E-state index is 12.7. The molecule has 0 bridgehead atoms. The van der Waals surface area contributed by atoms with Crippen molar-refractivity contribution in [2.45, 2.75) is 46.3 Å². The molecule has 0 saturated heterocycles. The summed E-state index contributed by atoms with van der Waals surface area (Å²) >= 11 is 0. The van der Waals surface area contributed by atoms with Gasteiger partial charge in [0.25, 0.3) is 5.91 Å². The highest BCUT2D eigenvalue weighted by molar-refractivity contribution is 6.02. The quantitative estimate of drug-likeness (QED) is 0.675. The second kappa shape index (κ2) is 9.64. The Morgan fingerprint density at radius 1 is 1.06 bits per heavy atom. The zero-order chi connectivity index (χ0) is 23.4. The first kappa shape index (κ1) is 23.0. The molecule has 0 aromatic heterocycles. The van der Waals surface area contributed by atoms with Gasteiger partial charge in [-0.1, -0.05) is 36.4 Å². The smallest absolute Gasteiger partial charge is 0.330 e. The normalized spacial score (nSPS) is 15.5. The molecule has 0 spiro atoms. The van der Waals surface area contributed by atoms with Gasteiger partial charge in [0.05, 0.1) is 6.54 Å². The van der Waals surface area contributed by atoms with E-state index in [0.29, 0.717) is 17.8 Å². The fourth-order valence-corrected chi connectivity index (χ4v) is 3.78. The van der Waals surface area contributed by atoms with E-state index in [-0.39, 0.29) is 18.4 Å². The number of carbonyl (C=O) groups is 4. The van der Waals surface area contributed by atoms with Crippen LogP contribution >= 0.6 is 0 Å². The zero-order valence-electron chi connectivity index (χ0n) is 18.6. The summed E-state index contributed by atoms with van der Waals surface area (Å²) in [5.41, 5.74) is 4.07. The Hall–Kier alpha value is -3.68. The third-order valence-corrected chi connectivity index (χ3v) is 5.42. The molecule has 0 saturated carbocycles. The second-order valence-corrected chi connectivity index (χ2v) is 7.85. The van der Waals surface area contributed by atoms with Crippen molar-refractivity contribution in [3.8, 4) is 0 Å². The molecule has 32 heavy (non-hydrogen) atoms. The van der Waals surface area contributed by atoms with Gasteiger partial charge in [-0.15, -0.1) is 0 Å². The molecule has 2 aromatic rings. The number of nitrogens with one attached hydrogen (secondary N) is 2. The van der Waals surface area contributed by atoms with E-state index in [2.05, 4.69) is 10.6 Å². The minimum Gasteiger partial charge on any atom is -0.451 e. The summed E-state index contributed by atoms with van der Waals surface area (Å²) < 4.78 is 5.32. The van der Waals surface area contributed by atoms with E-state index in [1.54, 1.807) is 12.1 Å². The van der Waals surface area contributed by atoms with Crippen molar-refractivity contribution in [3.63, 3.8) is 0 Å². The molecule has 1 unspecified atom stereocenters. The molecule has 2 atom stereocenters. The summed E-state index contributed by atoms with van der Waals surface area (Å²) in [5.74, 6) is -1.93. The number of hydrogen-bond donors (Lipinski definition) is 2. The number of rotatable bonds is 6. The number of ether oxygens (including phenoxy) is 1. The van der Waals surface area contributed by atoms with Gasteiger partial charge in [0, 0.05) is 24.7 Å². The predicted octanol–water partition coefficient (Wildman–Crippen LogP) is 2.27. The van der Waals surface area contributed by atoms with E-state index < -0.39 is 24.0 Å². The summed E-state index contributed by atoms with van der Waals surface area (Å²) in [7, 11) is 0. The average molecular weight is 437 g/mol. The molecule has 1 aliphatic rings. The molecule has 1 heterocycles. The lowest BCUT2D eigenvalue weighted by atomic mass is 10.1. The molecular formula is C24H27N3O5. The van der Waals surface area contributed by atoms with Crippen molar-refractivity contribution in [1.82, 2.24) is 5.32 Å². The van der Waals surface area contributed by atoms with Gasteiger partial charge in [-0.25, -0.2) is 4.79 Å². The Labute approximate surface area is 186 Å². The first-order valence-corrected chi connectivity index (χ1v) is 10.4. The van der Waals surface area contributed by atoms with Crippen molar-refractivity contribution in [2.24, 2.45) is 0 Å². The highest BCUT2D eigenvalue weighted by atomic mass is 16.5. The van der Waals surface area contributed by atoms with Gasteiger partial charge in [0.15, 0.2) is 6.10 Å². The van der Waals surface area contributed by atoms with Crippen LogP contribution in [0.3, 0.4) is 0 Å². The summed E-state index contributed by atoms with van der Waals surface area (Å²) in [4.78, 5) is 50.8. The molecule has 8 heteroatoms. The van der Waals surface area contributed by atoms with Crippen LogP contribution in [0.2, 0.25) is 0 Å². The first-order valence-electron chi connectivity index (χ1n) is 10.4. The van der Waals surface area contributed by atoms with E-state index in [1.165, 1.54) is 18.7 Å². The van der Waals surface area contributed by atoms with Gasteiger partial charge < -0.3 is 15.4 Å². The molecule has 1 aliphatic heterocycles. The molecule has 3 rings (SSSR count). The Morgan fingerprint density at radius 2 is 1.72 bits per heavy atom. The predicted molar refractivity (Wildman–Crippen MR) is 120 cm³/mol. The molecule has 168 valence electrons.